The van der Waals surface area contributed by atoms with Crippen LogP contribution in [0.4, 0.5) is 4.39 Å². The van der Waals surface area contributed by atoms with Gasteiger partial charge in [-0.25, -0.2) is 17.9 Å². The van der Waals surface area contributed by atoms with Gasteiger partial charge in [-0.2, -0.15) is 0 Å². The van der Waals surface area contributed by atoms with Gasteiger partial charge in [0.1, 0.15) is 4.90 Å². The number of benzene rings is 1. The fourth-order valence-corrected chi connectivity index (χ4v) is 3.32. The van der Waals surface area contributed by atoms with Crippen molar-refractivity contribution in [3.8, 4) is 0 Å². The number of carbonyl (C=O) groups is 1. The Kier molecular flexibility index (Phi) is 6.44. The first kappa shape index (κ1) is 18.2. The van der Waals surface area contributed by atoms with E-state index in [1.54, 1.807) is 0 Å². The van der Waals surface area contributed by atoms with E-state index in [1.807, 2.05) is 0 Å². The maximum atomic E-state index is 14.0. The lowest BCUT2D eigenvalue weighted by Gasteiger charge is -2.09. The number of nitrogens with two attached hydrogens (primary N) is 1. The van der Waals surface area contributed by atoms with Gasteiger partial charge in [0.25, 0.3) is 5.91 Å². The molecule has 6 nitrogen and oxygen atoms in total. The van der Waals surface area contributed by atoms with Crippen molar-refractivity contribution in [2.75, 3.05) is 18.6 Å². The summed E-state index contributed by atoms with van der Waals surface area (Å²) < 4.78 is 47.7. The lowest BCUT2D eigenvalue weighted by molar-refractivity contribution is 0.0949. The van der Waals surface area contributed by atoms with Gasteiger partial charge >= 0.3 is 0 Å². The minimum atomic E-state index is -4.27. The minimum absolute atomic E-state index is 0.203. The Balaban J connectivity index is 2.95. The number of halogens is 2. The molecular formula is C11H14BrFN2O4S2. The molecule has 0 radical (unpaired) electrons. The van der Waals surface area contributed by atoms with Crippen LogP contribution >= 0.6 is 15.9 Å². The SMILES string of the molecule is CS(=O)CCCNC(=O)c1cc(Br)cc(S(N)(=O)=O)c1F. The molecule has 1 atom stereocenters. The third-order valence-electron chi connectivity index (χ3n) is 2.45. The van der Waals surface area contributed by atoms with Gasteiger partial charge in [-0.05, 0) is 18.6 Å². The highest BCUT2D eigenvalue weighted by molar-refractivity contribution is 9.10. The highest BCUT2D eigenvalue weighted by atomic mass is 79.9. The molecule has 0 saturated carbocycles. The van der Waals surface area contributed by atoms with Gasteiger partial charge in [-0.15, -0.1) is 0 Å². The molecule has 118 valence electrons. The smallest absolute Gasteiger partial charge is 0.254 e. The predicted octanol–water partition coefficient (Wildman–Crippen LogP) is 0.734. The van der Waals surface area contributed by atoms with Crippen LogP contribution in [0.2, 0.25) is 0 Å². The first-order valence-corrected chi connectivity index (χ1v) is 9.79. The minimum Gasteiger partial charge on any atom is -0.352 e. The van der Waals surface area contributed by atoms with Gasteiger partial charge < -0.3 is 5.32 Å². The molecule has 1 aromatic carbocycles. The molecule has 0 heterocycles. The van der Waals surface area contributed by atoms with E-state index in [9.17, 15) is 21.8 Å². The Bertz CT molecular complexity index is 679. The normalized spacial score (nSPS) is 13.0. The zero-order chi connectivity index (χ0) is 16.2. The molecule has 0 aliphatic carbocycles. The molecule has 10 heteroatoms. The number of primary sulfonamides is 1. The van der Waals surface area contributed by atoms with E-state index in [2.05, 4.69) is 21.2 Å². The monoisotopic (exact) mass is 400 g/mol. The Hall–Kier alpha value is -0.840. The van der Waals surface area contributed by atoms with Crippen LogP contribution in [-0.4, -0.2) is 37.1 Å². The van der Waals surface area contributed by atoms with Gasteiger partial charge in [0.2, 0.25) is 10.0 Å². The van der Waals surface area contributed by atoms with E-state index in [0.717, 1.165) is 12.1 Å². The van der Waals surface area contributed by atoms with Crippen molar-refractivity contribution in [1.29, 1.82) is 0 Å². The van der Waals surface area contributed by atoms with E-state index in [0.29, 0.717) is 12.2 Å². The van der Waals surface area contributed by atoms with E-state index >= 15 is 0 Å². The van der Waals surface area contributed by atoms with Crippen LogP contribution in [-0.2, 0) is 20.8 Å². The highest BCUT2D eigenvalue weighted by Gasteiger charge is 2.22. The Morgan fingerprint density at radius 2 is 2.10 bits per heavy atom. The molecule has 1 amide bonds. The highest BCUT2D eigenvalue weighted by Crippen LogP contribution is 2.23. The molecule has 1 aromatic rings. The summed E-state index contributed by atoms with van der Waals surface area (Å²) in [5.41, 5.74) is -0.425. The number of hydrogen-bond donors (Lipinski definition) is 2. The molecule has 0 aliphatic rings. The van der Waals surface area contributed by atoms with Crippen LogP contribution in [0.25, 0.3) is 0 Å². The first-order chi connectivity index (χ1) is 9.62. The fraction of sp³-hybridized carbons (Fsp3) is 0.364. The van der Waals surface area contributed by atoms with Crippen molar-refractivity contribution in [3.05, 3.63) is 28.0 Å². The lowest BCUT2D eigenvalue weighted by Crippen LogP contribution is -2.27. The van der Waals surface area contributed by atoms with Crippen molar-refractivity contribution < 1.29 is 21.8 Å². The summed E-state index contributed by atoms with van der Waals surface area (Å²) in [5, 5.41) is 7.33. The average Bonchev–Trinajstić information content (AvgIpc) is 2.35. The van der Waals surface area contributed by atoms with Crippen LogP contribution in [0.3, 0.4) is 0 Å². The summed E-state index contributed by atoms with van der Waals surface area (Å²) in [6, 6.07) is 2.15. The van der Waals surface area contributed by atoms with Gasteiger partial charge in [0.05, 0.1) is 5.56 Å². The number of hydrogen-bond acceptors (Lipinski definition) is 4. The molecule has 0 bridgehead atoms. The van der Waals surface area contributed by atoms with Crippen molar-refractivity contribution in [2.45, 2.75) is 11.3 Å². The number of amides is 1. The second-order valence-corrected chi connectivity index (χ2v) is 8.20. The Morgan fingerprint density at radius 1 is 1.48 bits per heavy atom. The van der Waals surface area contributed by atoms with E-state index in [4.69, 9.17) is 5.14 Å². The van der Waals surface area contributed by atoms with Crippen molar-refractivity contribution in [2.24, 2.45) is 5.14 Å². The predicted molar refractivity (Wildman–Crippen MR) is 81.4 cm³/mol. The van der Waals surface area contributed by atoms with Gasteiger partial charge in [-0.3, -0.25) is 9.00 Å². The second-order valence-electron chi connectivity index (χ2n) is 4.20. The van der Waals surface area contributed by atoms with Gasteiger partial charge in [-0.1, -0.05) is 15.9 Å². The van der Waals surface area contributed by atoms with Crippen molar-refractivity contribution >= 4 is 42.7 Å². The molecule has 0 spiro atoms. The number of nitrogens with one attached hydrogen (secondary N) is 1. The van der Waals surface area contributed by atoms with Gasteiger partial charge in [0.15, 0.2) is 5.82 Å². The summed E-state index contributed by atoms with van der Waals surface area (Å²) >= 11 is 3.00. The van der Waals surface area contributed by atoms with Crippen LogP contribution < -0.4 is 10.5 Å². The van der Waals surface area contributed by atoms with Crippen LogP contribution in [0.5, 0.6) is 0 Å². The lowest BCUT2D eigenvalue weighted by atomic mass is 10.2. The molecule has 1 unspecified atom stereocenters. The second kappa shape index (κ2) is 7.43. The zero-order valence-electron chi connectivity index (χ0n) is 11.1. The topological polar surface area (TPSA) is 106 Å². The number of rotatable bonds is 6. The molecule has 0 saturated heterocycles. The summed E-state index contributed by atoms with van der Waals surface area (Å²) in [6.45, 7) is 0.203. The Labute approximate surface area is 132 Å². The molecule has 3 N–H and O–H groups in total. The Morgan fingerprint density at radius 3 is 2.62 bits per heavy atom. The quantitative estimate of drug-likeness (QED) is 0.686. The van der Waals surface area contributed by atoms with E-state index < -0.39 is 43.0 Å². The fourth-order valence-electron chi connectivity index (χ4n) is 1.51. The van der Waals surface area contributed by atoms with Crippen LogP contribution in [0.1, 0.15) is 16.8 Å². The number of carbonyl (C=O) groups excluding carboxylic acids is 1. The van der Waals surface area contributed by atoms with Crippen molar-refractivity contribution in [3.63, 3.8) is 0 Å². The third kappa shape index (κ3) is 5.46. The standard InChI is InChI=1S/C11H14BrFN2O4S2/c1-20(17)4-2-3-15-11(16)8-5-7(12)6-9(10(8)13)21(14,18)19/h5-6H,2-4H2,1H3,(H,15,16)(H2,14,18,19). The van der Waals surface area contributed by atoms with E-state index in [1.165, 1.54) is 6.26 Å². The molecule has 0 aromatic heterocycles. The molecule has 1 rings (SSSR count). The summed E-state index contributed by atoms with van der Waals surface area (Å²) in [7, 11) is -5.25. The number of sulfonamides is 1. The summed E-state index contributed by atoms with van der Waals surface area (Å²) in [4.78, 5) is 11.1. The van der Waals surface area contributed by atoms with Crippen molar-refractivity contribution in [1.82, 2.24) is 5.32 Å². The zero-order valence-corrected chi connectivity index (χ0v) is 14.3. The molecule has 0 fully saturated rings. The van der Waals surface area contributed by atoms with Crippen LogP contribution in [0.15, 0.2) is 21.5 Å². The maximum absolute atomic E-state index is 14.0. The molecule has 21 heavy (non-hydrogen) atoms. The van der Waals surface area contributed by atoms with Gasteiger partial charge in [0, 0.05) is 33.8 Å². The third-order valence-corrected chi connectivity index (χ3v) is 4.68. The average molecular weight is 401 g/mol. The first-order valence-electron chi connectivity index (χ1n) is 5.73. The maximum Gasteiger partial charge on any atom is 0.254 e. The van der Waals surface area contributed by atoms with Crippen LogP contribution in [0, 0.1) is 5.82 Å². The summed E-state index contributed by atoms with van der Waals surface area (Å²) in [5.74, 6) is -1.55. The molecular weight excluding hydrogens is 387 g/mol. The molecule has 0 aliphatic heterocycles. The van der Waals surface area contributed by atoms with E-state index in [-0.39, 0.29) is 11.0 Å². The largest absolute Gasteiger partial charge is 0.352 e. The summed E-state index contributed by atoms with van der Waals surface area (Å²) in [6.07, 6.45) is 2.00.